The fourth-order valence-electron chi connectivity index (χ4n) is 4.38. The highest BCUT2D eigenvalue weighted by Crippen LogP contribution is 2.28. The van der Waals surface area contributed by atoms with Crippen LogP contribution in [0.4, 0.5) is 5.69 Å². The number of rotatable bonds is 3. The van der Waals surface area contributed by atoms with Crippen LogP contribution in [0.5, 0.6) is 0 Å². The molecule has 1 aromatic carbocycles. The molecule has 4 rings (SSSR count). The van der Waals surface area contributed by atoms with Gasteiger partial charge < -0.3 is 14.7 Å². The standard InChI is InChI=1S/C21H27N3O3S/c25-19-14-17(15-24(19)18-4-2-1-3-5-18)21(27)22-8-6-16(7-9-22)20(26)23-10-12-28-13-11-23/h1-5,16-17H,6-15H2/t17-/m1/s1. The quantitative estimate of drug-likeness (QED) is 0.776. The third kappa shape index (κ3) is 4.04. The van der Waals surface area contributed by atoms with Crippen molar-refractivity contribution in [2.75, 3.05) is 49.1 Å². The van der Waals surface area contributed by atoms with Crippen LogP contribution in [-0.4, -0.2) is 71.8 Å². The highest BCUT2D eigenvalue weighted by molar-refractivity contribution is 7.99. The van der Waals surface area contributed by atoms with E-state index >= 15 is 0 Å². The molecule has 3 heterocycles. The van der Waals surface area contributed by atoms with Crippen molar-refractivity contribution in [3.8, 4) is 0 Å². The van der Waals surface area contributed by atoms with E-state index in [0.29, 0.717) is 19.6 Å². The second-order valence-electron chi connectivity index (χ2n) is 7.78. The van der Waals surface area contributed by atoms with Gasteiger partial charge in [0.2, 0.25) is 17.7 Å². The SMILES string of the molecule is O=C(C1CCN(C(=O)[C@@H]2CC(=O)N(c3ccccc3)C2)CC1)N1CCSCC1. The molecule has 6 nitrogen and oxygen atoms in total. The van der Waals surface area contributed by atoms with Gasteiger partial charge in [0.1, 0.15) is 0 Å². The number of anilines is 1. The average molecular weight is 402 g/mol. The van der Waals surface area contributed by atoms with Crippen LogP contribution in [0.15, 0.2) is 30.3 Å². The first-order chi connectivity index (χ1) is 13.6. The molecule has 150 valence electrons. The number of para-hydroxylation sites is 1. The number of benzene rings is 1. The Labute approximate surface area is 170 Å². The summed E-state index contributed by atoms with van der Waals surface area (Å²) in [6.45, 7) is 3.39. The lowest BCUT2D eigenvalue weighted by molar-refractivity contribution is -0.142. The van der Waals surface area contributed by atoms with Crippen LogP contribution in [0.3, 0.4) is 0 Å². The smallest absolute Gasteiger partial charge is 0.228 e. The molecule has 3 amide bonds. The summed E-state index contributed by atoms with van der Waals surface area (Å²) in [5, 5.41) is 0. The Bertz CT molecular complexity index is 728. The predicted molar refractivity (Wildman–Crippen MR) is 110 cm³/mol. The first kappa shape index (κ1) is 19.3. The summed E-state index contributed by atoms with van der Waals surface area (Å²) in [6.07, 6.45) is 1.74. The lowest BCUT2D eigenvalue weighted by Crippen LogP contribution is -2.47. The maximum absolute atomic E-state index is 12.9. The van der Waals surface area contributed by atoms with Gasteiger partial charge in [-0.15, -0.1) is 0 Å². The number of hydrogen-bond donors (Lipinski definition) is 0. The number of nitrogens with zero attached hydrogens (tertiary/aromatic N) is 3. The lowest BCUT2D eigenvalue weighted by atomic mass is 9.94. The van der Waals surface area contributed by atoms with Gasteiger partial charge in [0.05, 0.1) is 5.92 Å². The third-order valence-electron chi connectivity index (χ3n) is 6.02. The summed E-state index contributed by atoms with van der Waals surface area (Å²) in [5.41, 5.74) is 0.854. The van der Waals surface area contributed by atoms with Crippen molar-refractivity contribution in [2.24, 2.45) is 11.8 Å². The van der Waals surface area contributed by atoms with E-state index in [0.717, 1.165) is 43.1 Å². The fourth-order valence-corrected chi connectivity index (χ4v) is 5.28. The molecule has 7 heteroatoms. The molecule has 0 aliphatic carbocycles. The van der Waals surface area contributed by atoms with E-state index in [1.807, 2.05) is 51.9 Å². The molecule has 3 aliphatic rings. The zero-order valence-corrected chi connectivity index (χ0v) is 16.9. The molecule has 0 aromatic heterocycles. The number of carbonyl (C=O) groups is 3. The molecular weight excluding hydrogens is 374 g/mol. The van der Waals surface area contributed by atoms with E-state index in [2.05, 4.69) is 0 Å². The highest BCUT2D eigenvalue weighted by Gasteiger charge is 2.39. The molecule has 1 aromatic rings. The number of carbonyl (C=O) groups excluding carboxylic acids is 3. The second-order valence-corrected chi connectivity index (χ2v) is 9.00. The van der Waals surface area contributed by atoms with Gasteiger partial charge in [-0.1, -0.05) is 18.2 Å². The number of likely N-dealkylation sites (tertiary alicyclic amines) is 1. The zero-order valence-electron chi connectivity index (χ0n) is 16.1. The van der Waals surface area contributed by atoms with Crippen molar-refractivity contribution < 1.29 is 14.4 Å². The minimum absolute atomic E-state index is 0.0117. The van der Waals surface area contributed by atoms with Gasteiger partial charge in [0, 0.05) is 62.3 Å². The van der Waals surface area contributed by atoms with E-state index in [9.17, 15) is 14.4 Å². The van der Waals surface area contributed by atoms with Gasteiger partial charge in [-0.05, 0) is 25.0 Å². The molecule has 0 saturated carbocycles. The van der Waals surface area contributed by atoms with E-state index in [4.69, 9.17) is 0 Å². The molecule has 3 aliphatic heterocycles. The Morgan fingerprint density at radius 1 is 0.857 bits per heavy atom. The van der Waals surface area contributed by atoms with Gasteiger partial charge in [-0.3, -0.25) is 14.4 Å². The van der Waals surface area contributed by atoms with Crippen molar-refractivity contribution in [1.29, 1.82) is 0 Å². The molecule has 28 heavy (non-hydrogen) atoms. The van der Waals surface area contributed by atoms with E-state index in [-0.39, 0.29) is 36.0 Å². The molecule has 0 N–H and O–H groups in total. The number of thioether (sulfide) groups is 1. The summed E-state index contributed by atoms with van der Waals surface area (Å²) in [6, 6.07) is 9.53. The number of piperidine rings is 1. The van der Waals surface area contributed by atoms with Crippen LogP contribution >= 0.6 is 11.8 Å². The Balaban J connectivity index is 1.31. The minimum Gasteiger partial charge on any atom is -0.342 e. The van der Waals surface area contributed by atoms with Crippen molar-refractivity contribution >= 4 is 35.2 Å². The molecule has 3 saturated heterocycles. The minimum atomic E-state index is -0.279. The van der Waals surface area contributed by atoms with Crippen LogP contribution in [0.2, 0.25) is 0 Å². The molecule has 3 fully saturated rings. The Morgan fingerprint density at radius 2 is 1.46 bits per heavy atom. The zero-order chi connectivity index (χ0) is 19.5. The van der Waals surface area contributed by atoms with E-state index in [1.54, 1.807) is 4.90 Å². The molecular formula is C21H27N3O3S. The molecule has 0 spiro atoms. The first-order valence-corrected chi connectivity index (χ1v) is 11.3. The second kappa shape index (κ2) is 8.55. The number of hydrogen-bond acceptors (Lipinski definition) is 4. The fraction of sp³-hybridized carbons (Fsp3) is 0.571. The molecule has 1 atom stereocenters. The lowest BCUT2D eigenvalue weighted by Gasteiger charge is -2.36. The molecule has 0 unspecified atom stereocenters. The maximum atomic E-state index is 12.9. The monoisotopic (exact) mass is 401 g/mol. The van der Waals surface area contributed by atoms with Crippen LogP contribution in [0.1, 0.15) is 19.3 Å². The van der Waals surface area contributed by atoms with Crippen LogP contribution < -0.4 is 4.90 Å². The van der Waals surface area contributed by atoms with Crippen LogP contribution in [0.25, 0.3) is 0 Å². The van der Waals surface area contributed by atoms with Crippen LogP contribution in [-0.2, 0) is 14.4 Å². The van der Waals surface area contributed by atoms with Gasteiger partial charge in [0.25, 0.3) is 0 Å². The van der Waals surface area contributed by atoms with Gasteiger partial charge >= 0.3 is 0 Å². The van der Waals surface area contributed by atoms with E-state index in [1.165, 1.54) is 0 Å². The highest BCUT2D eigenvalue weighted by atomic mass is 32.2. The Kier molecular flexibility index (Phi) is 5.90. The molecule has 0 radical (unpaired) electrons. The summed E-state index contributed by atoms with van der Waals surface area (Å²) < 4.78 is 0. The topological polar surface area (TPSA) is 60.9 Å². The first-order valence-electron chi connectivity index (χ1n) is 10.1. The van der Waals surface area contributed by atoms with Gasteiger partial charge in [0.15, 0.2) is 0 Å². The van der Waals surface area contributed by atoms with Crippen molar-refractivity contribution in [3.63, 3.8) is 0 Å². The summed E-state index contributed by atoms with van der Waals surface area (Å²) >= 11 is 1.90. The van der Waals surface area contributed by atoms with Crippen LogP contribution in [0, 0.1) is 11.8 Å². The largest absolute Gasteiger partial charge is 0.342 e. The Hall–Kier alpha value is -2.02. The van der Waals surface area contributed by atoms with Gasteiger partial charge in [-0.25, -0.2) is 0 Å². The van der Waals surface area contributed by atoms with E-state index < -0.39 is 0 Å². The summed E-state index contributed by atoms with van der Waals surface area (Å²) in [5.74, 6) is 2.15. The summed E-state index contributed by atoms with van der Waals surface area (Å²) in [7, 11) is 0. The summed E-state index contributed by atoms with van der Waals surface area (Å²) in [4.78, 5) is 43.6. The predicted octanol–water partition coefficient (Wildman–Crippen LogP) is 1.85. The third-order valence-corrected chi connectivity index (χ3v) is 6.96. The van der Waals surface area contributed by atoms with Crippen molar-refractivity contribution in [3.05, 3.63) is 30.3 Å². The van der Waals surface area contributed by atoms with Gasteiger partial charge in [-0.2, -0.15) is 11.8 Å². The van der Waals surface area contributed by atoms with Crippen molar-refractivity contribution in [1.82, 2.24) is 9.80 Å². The molecule has 0 bridgehead atoms. The number of amides is 3. The Morgan fingerprint density at radius 3 is 2.14 bits per heavy atom. The maximum Gasteiger partial charge on any atom is 0.228 e. The average Bonchev–Trinajstić information content (AvgIpc) is 3.15. The van der Waals surface area contributed by atoms with Crippen molar-refractivity contribution in [2.45, 2.75) is 19.3 Å². The normalized spacial score (nSPS) is 23.9.